The molecule has 0 aliphatic rings. The fraction of sp³-hybridized carbons (Fsp3) is 0.800. The quantitative estimate of drug-likeness (QED) is 0.667. The van der Waals surface area contributed by atoms with Crippen LogP contribution in [0, 0.1) is 0 Å². The molecule has 0 saturated carbocycles. The number of allylic oxidation sites excluding steroid dienone is 1. The van der Waals surface area contributed by atoms with Crippen LogP contribution < -0.4 is 0 Å². The zero-order chi connectivity index (χ0) is 10.5. The van der Waals surface area contributed by atoms with E-state index in [1.165, 1.54) is 0 Å². The maximum atomic E-state index is 5.93. The van der Waals surface area contributed by atoms with Gasteiger partial charge >= 0.3 is 0 Å². The minimum Gasteiger partial charge on any atom is -0.320 e. The summed E-state index contributed by atoms with van der Waals surface area (Å²) < 4.78 is 2.24. The Morgan fingerprint density at radius 2 is 1.54 bits per heavy atom. The van der Waals surface area contributed by atoms with Crippen LogP contribution in [0.2, 0.25) is 0 Å². The molecule has 13 heavy (non-hydrogen) atoms. The molecule has 0 aliphatic heterocycles. The van der Waals surface area contributed by atoms with E-state index < -0.39 is 0 Å². The van der Waals surface area contributed by atoms with Crippen molar-refractivity contribution in [2.45, 2.75) is 27.7 Å². The highest BCUT2D eigenvalue weighted by Gasteiger charge is 2.22. The van der Waals surface area contributed by atoms with Crippen molar-refractivity contribution >= 4 is 27.5 Å². The summed E-state index contributed by atoms with van der Waals surface area (Å²) in [7, 11) is 0. The first kappa shape index (κ1) is 13.5. The highest BCUT2D eigenvalue weighted by atomic mass is 79.9. The Balaban J connectivity index is 4.52. The number of hydrogen-bond donors (Lipinski definition) is 0. The number of halogens is 2. The number of nitrogens with zero attached hydrogens (tertiary/aromatic N) is 1. The maximum absolute atomic E-state index is 5.93. The molecule has 3 heteroatoms. The summed E-state index contributed by atoms with van der Waals surface area (Å²) in [5.74, 6) is 0. The molecule has 0 radical (unpaired) electrons. The van der Waals surface area contributed by atoms with Gasteiger partial charge in [0.25, 0.3) is 0 Å². The fourth-order valence-corrected chi connectivity index (χ4v) is 2.00. The summed E-state index contributed by atoms with van der Waals surface area (Å²) in [5.41, 5.74) is 0. The second-order valence-corrected chi connectivity index (χ2v) is 4.91. The number of hydrogen-bond acceptors (Lipinski definition) is 0. The van der Waals surface area contributed by atoms with E-state index in [1.54, 1.807) is 0 Å². The van der Waals surface area contributed by atoms with Crippen LogP contribution in [0.1, 0.15) is 27.7 Å². The van der Waals surface area contributed by atoms with Crippen molar-refractivity contribution in [2.24, 2.45) is 0 Å². The average Bonchev–Trinajstić information content (AvgIpc) is 2.14. The summed E-state index contributed by atoms with van der Waals surface area (Å²) in [6.07, 6.45) is 0. The van der Waals surface area contributed by atoms with E-state index in [-0.39, 0.29) is 0 Å². The lowest BCUT2D eigenvalue weighted by Gasteiger charge is -2.35. The van der Waals surface area contributed by atoms with Crippen molar-refractivity contribution < 1.29 is 4.48 Å². The number of quaternary nitrogens is 1. The van der Waals surface area contributed by atoms with E-state index in [2.05, 4.69) is 36.7 Å². The molecule has 0 bridgehead atoms. The Labute approximate surface area is 95.5 Å². The van der Waals surface area contributed by atoms with Crippen LogP contribution in [0.4, 0.5) is 0 Å². The van der Waals surface area contributed by atoms with Crippen molar-refractivity contribution in [3.63, 3.8) is 0 Å². The molecule has 0 fully saturated rings. The fourth-order valence-electron chi connectivity index (χ4n) is 1.41. The smallest absolute Gasteiger partial charge is 0.112 e. The Kier molecular flexibility index (Phi) is 6.27. The topological polar surface area (TPSA) is 0 Å². The van der Waals surface area contributed by atoms with E-state index in [4.69, 9.17) is 11.6 Å². The van der Waals surface area contributed by atoms with Crippen LogP contribution in [0.3, 0.4) is 0 Å². The van der Waals surface area contributed by atoms with E-state index in [0.29, 0.717) is 0 Å². The van der Waals surface area contributed by atoms with Crippen molar-refractivity contribution in [3.05, 3.63) is 9.51 Å². The first-order chi connectivity index (χ1) is 6.01. The molecule has 0 aromatic carbocycles. The second-order valence-electron chi connectivity index (χ2n) is 3.39. The summed E-state index contributed by atoms with van der Waals surface area (Å²) in [4.78, 5) is 0. The van der Waals surface area contributed by atoms with Crippen molar-refractivity contribution in [3.8, 4) is 0 Å². The van der Waals surface area contributed by atoms with Crippen LogP contribution in [0.15, 0.2) is 9.51 Å². The van der Waals surface area contributed by atoms with Gasteiger partial charge in [-0.25, -0.2) is 0 Å². The molecule has 0 saturated heterocycles. The third-order valence-electron chi connectivity index (χ3n) is 2.86. The van der Waals surface area contributed by atoms with Crippen molar-refractivity contribution in [2.75, 3.05) is 26.2 Å². The van der Waals surface area contributed by atoms with Gasteiger partial charge in [0.05, 0.1) is 24.1 Å². The van der Waals surface area contributed by atoms with Gasteiger partial charge < -0.3 is 4.48 Å². The lowest BCUT2D eigenvalue weighted by molar-refractivity contribution is -0.918. The summed E-state index contributed by atoms with van der Waals surface area (Å²) >= 11 is 9.46. The van der Waals surface area contributed by atoms with Crippen LogP contribution in [-0.2, 0) is 0 Å². The van der Waals surface area contributed by atoms with Gasteiger partial charge in [-0.3, -0.25) is 0 Å². The molecule has 0 atom stereocenters. The maximum Gasteiger partial charge on any atom is 0.112 e. The standard InChI is InChI=1S/C10H20BrClN/c1-5-13(6-2,7-3)8-10(11)9(4)12/h5-8H2,1-4H3/q+1/b10-9+. The Morgan fingerprint density at radius 1 is 1.15 bits per heavy atom. The molecule has 1 nitrogen and oxygen atoms in total. The zero-order valence-electron chi connectivity index (χ0n) is 9.03. The molecule has 0 rings (SSSR count). The van der Waals surface area contributed by atoms with Gasteiger partial charge in [0.2, 0.25) is 0 Å². The van der Waals surface area contributed by atoms with Gasteiger partial charge in [-0.05, 0) is 43.6 Å². The van der Waals surface area contributed by atoms with Gasteiger partial charge in [0, 0.05) is 5.03 Å². The minimum atomic E-state index is 0.873. The first-order valence-electron chi connectivity index (χ1n) is 4.87. The van der Waals surface area contributed by atoms with E-state index in [9.17, 15) is 0 Å². The Morgan fingerprint density at radius 3 is 1.77 bits per heavy atom. The largest absolute Gasteiger partial charge is 0.320 e. The highest BCUT2D eigenvalue weighted by Crippen LogP contribution is 2.20. The summed E-state index contributed by atoms with van der Waals surface area (Å²) in [5, 5.41) is 0.873. The van der Waals surface area contributed by atoms with Gasteiger partial charge in [-0.2, -0.15) is 0 Å². The SMILES string of the molecule is CC[N+](CC)(CC)C/C(Br)=C(/C)Cl. The molecule has 0 spiro atoms. The lowest BCUT2D eigenvalue weighted by atomic mass is 10.3. The van der Waals surface area contributed by atoms with Gasteiger partial charge in [0.15, 0.2) is 0 Å². The van der Waals surface area contributed by atoms with Crippen molar-refractivity contribution in [1.29, 1.82) is 0 Å². The van der Waals surface area contributed by atoms with Gasteiger partial charge in [-0.15, -0.1) is 0 Å². The zero-order valence-corrected chi connectivity index (χ0v) is 11.4. The average molecular weight is 270 g/mol. The Bertz CT molecular complexity index is 173. The summed E-state index contributed by atoms with van der Waals surface area (Å²) in [6, 6.07) is 0. The molecule has 78 valence electrons. The van der Waals surface area contributed by atoms with E-state index in [0.717, 1.165) is 40.2 Å². The summed E-state index contributed by atoms with van der Waals surface area (Å²) in [6.45, 7) is 13.1. The normalized spacial score (nSPS) is 14.3. The molecule has 0 heterocycles. The number of rotatable bonds is 5. The second kappa shape index (κ2) is 6.05. The first-order valence-corrected chi connectivity index (χ1v) is 6.04. The third kappa shape index (κ3) is 4.01. The predicted molar refractivity (Wildman–Crippen MR) is 64.2 cm³/mol. The number of likely N-dealkylation sites (N-methyl/N-ethyl adjacent to an activating group) is 1. The predicted octanol–water partition coefficient (Wildman–Crippen LogP) is 3.73. The third-order valence-corrected chi connectivity index (χ3v) is 4.16. The van der Waals surface area contributed by atoms with E-state index in [1.807, 2.05) is 6.92 Å². The molecule has 0 aliphatic carbocycles. The van der Waals surface area contributed by atoms with Gasteiger partial charge in [-0.1, -0.05) is 11.6 Å². The lowest BCUT2D eigenvalue weighted by Crippen LogP contribution is -2.48. The Hall–Kier alpha value is 0.470. The molecule has 0 aromatic heterocycles. The molecule has 0 aromatic rings. The van der Waals surface area contributed by atoms with Gasteiger partial charge in [0.1, 0.15) is 6.54 Å². The molecular formula is C10H20BrClN+. The molecule has 0 unspecified atom stereocenters. The van der Waals surface area contributed by atoms with Crippen LogP contribution >= 0.6 is 27.5 Å². The van der Waals surface area contributed by atoms with Crippen LogP contribution in [-0.4, -0.2) is 30.7 Å². The van der Waals surface area contributed by atoms with Crippen molar-refractivity contribution in [1.82, 2.24) is 0 Å². The molecular weight excluding hydrogens is 249 g/mol. The molecule has 0 N–H and O–H groups in total. The van der Waals surface area contributed by atoms with E-state index >= 15 is 0 Å². The van der Waals surface area contributed by atoms with Crippen LogP contribution in [0.25, 0.3) is 0 Å². The monoisotopic (exact) mass is 268 g/mol. The van der Waals surface area contributed by atoms with Crippen LogP contribution in [0.5, 0.6) is 0 Å². The minimum absolute atomic E-state index is 0.873. The molecule has 0 amide bonds. The highest BCUT2D eigenvalue weighted by molar-refractivity contribution is 9.11.